The first kappa shape index (κ1) is 24.5. The fraction of sp³-hybridized carbons (Fsp3) is 0.343. The van der Waals surface area contributed by atoms with Crippen LogP contribution in [0.2, 0.25) is 0 Å². The van der Waals surface area contributed by atoms with E-state index in [1.54, 1.807) is 0 Å². The summed E-state index contributed by atoms with van der Waals surface area (Å²) in [7, 11) is 0. The van der Waals surface area contributed by atoms with Gasteiger partial charge in [-0.25, -0.2) is 4.98 Å². The molecule has 1 aliphatic carbocycles. The van der Waals surface area contributed by atoms with Gasteiger partial charge in [0, 0.05) is 17.1 Å². The van der Waals surface area contributed by atoms with E-state index in [9.17, 15) is 0 Å². The highest BCUT2D eigenvalue weighted by Crippen LogP contribution is 2.48. The lowest BCUT2D eigenvalue weighted by Gasteiger charge is -2.43. The van der Waals surface area contributed by atoms with Crippen LogP contribution in [-0.2, 0) is 10.8 Å². The molecule has 0 atom stereocenters. The van der Waals surface area contributed by atoms with Crippen LogP contribution in [-0.4, -0.2) is 11.7 Å². The van der Waals surface area contributed by atoms with Crippen molar-refractivity contribution in [3.05, 3.63) is 81.9 Å². The molecule has 2 aliphatic heterocycles. The minimum atomic E-state index is 0.0234. The molecule has 4 heteroatoms. The van der Waals surface area contributed by atoms with Crippen molar-refractivity contribution in [1.82, 2.24) is 4.98 Å². The molecule has 0 unspecified atom stereocenters. The molecule has 0 saturated heterocycles. The molecule has 0 bridgehead atoms. The van der Waals surface area contributed by atoms with Gasteiger partial charge in [0.2, 0.25) is 5.88 Å². The number of aryl methyl sites for hydroxylation is 4. The van der Waals surface area contributed by atoms with Gasteiger partial charge < -0.3 is 9.47 Å². The van der Waals surface area contributed by atoms with E-state index in [1.807, 2.05) is 0 Å². The van der Waals surface area contributed by atoms with Gasteiger partial charge in [-0.3, -0.25) is 0 Å². The Balaban J connectivity index is 1.51. The highest BCUT2D eigenvalue weighted by molar-refractivity contribution is 6.98. The average Bonchev–Trinajstić information content (AvgIpc) is 2.85. The van der Waals surface area contributed by atoms with E-state index in [0.29, 0.717) is 5.88 Å². The van der Waals surface area contributed by atoms with Crippen molar-refractivity contribution in [3.8, 4) is 34.4 Å². The van der Waals surface area contributed by atoms with Gasteiger partial charge in [-0.2, -0.15) is 0 Å². The average molecular weight is 513 g/mol. The van der Waals surface area contributed by atoms with Crippen LogP contribution in [0.5, 0.6) is 23.1 Å². The van der Waals surface area contributed by atoms with Crippen LogP contribution in [0, 0.1) is 27.7 Å². The normalized spacial score (nSPS) is 17.3. The van der Waals surface area contributed by atoms with E-state index in [1.165, 1.54) is 57.1 Å². The monoisotopic (exact) mass is 513 g/mol. The summed E-state index contributed by atoms with van der Waals surface area (Å²) >= 11 is 0. The van der Waals surface area contributed by atoms with E-state index in [4.69, 9.17) is 14.5 Å². The van der Waals surface area contributed by atoms with Gasteiger partial charge in [0.1, 0.15) is 17.2 Å². The second-order valence-corrected chi connectivity index (χ2v) is 13.4. The molecule has 3 heterocycles. The summed E-state index contributed by atoms with van der Waals surface area (Å²) in [6.45, 7) is 18.2. The van der Waals surface area contributed by atoms with E-state index < -0.39 is 0 Å². The van der Waals surface area contributed by atoms with Crippen LogP contribution in [0.4, 0.5) is 0 Å². The summed E-state index contributed by atoms with van der Waals surface area (Å²) in [6.07, 6.45) is 2.35. The molecule has 39 heavy (non-hydrogen) atoms. The number of hydrogen-bond donors (Lipinski definition) is 0. The highest BCUT2D eigenvalue weighted by atomic mass is 16.5. The second-order valence-electron chi connectivity index (χ2n) is 13.4. The van der Waals surface area contributed by atoms with Crippen molar-refractivity contribution in [2.75, 3.05) is 0 Å². The largest absolute Gasteiger partial charge is 0.458 e. The van der Waals surface area contributed by atoms with E-state index in [-0.39, 0.29) is 17.5 Å². The van der Waals surface area contributed by atoms with Crippen LogP contribution in [0.15, 0.2) is 48.5 Å². The van der Waals surface area contributed by atoms with Crippen LogP contribution in [0.1, 0.15) is 73.9 Å². The number of aromatic nitrogens is 1. The molecule has 0 fully saturated rings. The lowest BCUT2D eigenvalue weighted by atomic mass is 9.34. The molecule has 0 saturated carbocycles. The molecule has 3 nitrogen and oxygen atoms in total. The quantitative estimate of drug-likeness (QED) is 0.221. The maximum atomic E-state index is 6.84. The van der Waals surface area contributed by atoms with E-state index in [2.05, 4.69) is 104 Å². The Morgan fingerprint density at radius 2 is 1.31 bits per heavy atom. The summed E-state index contributed by atoms with van der Waals surface area (Å²) in [5, 5.41) is 0. The maximum absolute atomic E-state index is 6.84. The Hall–Kier alpha value is -3.53. The zero-order chi connectivity index (χ0) is 27.4. The van der Waals surface area contributed by atoms with Gasteiger partial charge >= 0.3 is 0 Å². The molecule has 1 aromatic heterocycles. The zero-order valence-corrected chi connectivity index (χ0v) is 24.4. The molecule has 0 spiro atoms. The second kappa shape index (κ2) is 8.00. The minimum Gasteiger partial charge on any atom is -0.458 e. The van der Waals surface area contributed by atoms with Gasteiger partial charge in [-0.15, -0.1) is 0 Å². The van der Waals surface area contributed by atoms with Crippen molar-refractivity contribution in [3.63, 3.8) is 0 Å². The fourth-order valence-corrected chi connectivity index (χ4v) is 7.26. The van der Waals surface area contributed by atoms with Gasteiger partial charge in [-0.05, 0) is 96.7 Å². The SMILES string of the molecule is Cc1cc(C)c(-c2cc3c4c(n2)Oc2ccc(C)cc2B4c2cc4c(cc2O3)C(C)(C)CCC4(C)C)c(C)c1. The number of ether oxygens (including phenoxy) is 2. The fourth-order valence-electron chi connectivity index (χ4n) is 7.26. The summed E-state index contributed by atoms with van der Waals surface area (Å²) in [5.74, 6) is 3.36. The maximum Gasteiger partial charge on any atom is 0.262 e. The summed E-state index contributed by atoms with van der Waals surface area (Å²) < 4.78 is 13.4. The smallest absolute Gasteiger partial charge is 0.262 e. The van der Waals surface area contributed by atoms with Crippen molar-refractivity contribution in [2.45, 2.75) is 79.1 Å². The minimum absolute atomic E-state index is 0.0234. The van der Waals surface area contributed by atoms with Crippen molar-refractivity contribution >= 4 is 23.1 Å². The van der Waals surface area contributed by atoms with Crippen LogP contribution in [0.3, 0.4) is 0 Å². The molecule has 3 aliphatic rings. The summed E-state index contributed by atoms with van der Waals surface area (Å²) in [6, 6.07) is 17.9. The lowest BCUT2D eigenvalue weighted by Crippen LogP contribution is -2.58. The molecule has 196 valence electrons. The molecule has 0 amide bonds. The van der Waals surface area contributed by atoms with Crippen molar-refractivity contribution in [2.24, 2.45) is 0 Å². The molecule has 7 rings (SSSR count). The predicted octanol–water partition coefficient (Wildman–Crippen LogP) is 7.06. The Labute approximate surface area is 232 Å². The number of fused-ring (bicyclic) bond motifs is 5. The van der Waals surface area contributed by atoms with Crippen LogP contribution < -0.4 is 25.9 Å². The summed E-state index contributed by atoms with van der Waals surface area (Å²) in [4.78, 5) is 5.16. The Morgan fingerprint density at radius 1 is 0.667 bits per heavy atom. The van der Waals surface area contributed by atoms with Gasteiger partial charge in [-0.1, -0.05) is 69.2 Å². The Morgan fingerprint density at radius 3 is 2.00 bits per heavy atom. The van der Waals surface area contributed by atoms with Crippen LogP contribution in [0.25, 0.3) is 11.3 Å². The van der Waals surface area contributed by atoms with Crippen molar-refractivity contribution < 1.29 is 9.47 Å². The third-order valence-corrected chi connectivity index (χ3v) is 9.40. The van der Waals surface area contributed by atoms with Gasteiger partial charge in [0.15, 0.2) is 0 Å². The van der Waals surface area contributed by atoms with Gasteiger partial charge in [0.05, 0.1) is 5.69 Å². The highest BCUT2D eigenvalue weighted by Gasteiger charge is 2.45. The van der Waals surface area contributed by atoms with Crippen LogP contribution >= 0.6 is 0 Å². The molecule has 0 N–H and O–H groups in total. The van der Waals surface area contributed by atoms with E-state index >= 15 is 0 Å². The molecule has 4 aromatic rings. The first-order valence-corrected chi connectivity index (χ1v) is 14.2. The summed E-state index contributed by atoms with van der Waals surface area (Å²) in [5.41, 5.74) is 13.5. The third kappa shape index (κ3) is 3.60. The van der Waals surface area contributed by atoms with Gasteiger partial charge in [0.25, 0.3) is 6.71 Å². The number of benzene rings is 3. The molecule has 3 aromatic carbocycles. The molecule has 0 radical (unpaired) electrons. The topological polar surface area (TPSA) is 31.4 Å². The molecular weight excluding hydrogens is 477 g/mol. The number of nitrogens with zero attached hydrogens (tertiary/aromatic N) is 1. The first-order chi connectivity index (χ1) is 18.4. The number of pyridine rings is 1. The Kier molecular flexibility index (Phi) is 5.03. The lowest BCUT2D eigenvalue weighted by molar-refractivity contribution is 0.330. The van der Waals surface area contributed by atoms with E-state index in [0.717, 1.165) is 34.0 Å². The third-order valence-electron chi connectivity index (χ3n) is 9.40. The standard InChI is InChI=1S/C35H36BNO2/c1-19-9-10-28-25(15-19)36-26-16-23-24(35(7,8)12-11-34(23,5)6)17-29(26)38-30-18-27(37-33(39-28)32(30)36)31-21(3)13-20(2)14-22(31)4/h9-10,13-18H,11-12H2,1-8H3. The predicted molar refractivity (Wildman–Crippen MR) is 162 cm³/mol. The first-order valence-electron chi connectivity index (χ1n) is 14.2. The number of rotatable bonds is 1. The Bertz CT molecular complexity index is 1690. The number of hydrogen-bond acceptors (Lipinski definition) is 3. The van der Waals surface area contributed by atoms with Crippen molar-refractivity contribution in [1.29, 1.82) is 0 Å². The zero-order valence-electron chi connectivity index (χ0n) is 24.4. The molecular formula is C35H36BNO2.